The summed E-state index contributed by atoms with van der Waals surface area (Å²) < 4.78 is 0. The van der Waals surface area contributed by atoms with Gasteiger partial charge in [-0.3, -0.25) is 43.2 Å². The van der Waals surface area contributed by atoms with E-state index in [1.54, 1.807) is 11.8 Å². The number of Topliss-reactive ketones (excluding diaryl/α,β-unsaturated/α-hetero) is 1. The zero-order chi connectivity index (χ0) is 55.8. The Morgan fingerprint density at radius 1 is 0.613 bits per heavy atom. The van der Waals surface area contributed by atoms with Crippen molar-refractivity contribution in [3.05, 3.63) is 71.8 Å². The molecule has 2 aromatic rings. The van der Waals surface area contributed by atoms with Crippen molar-refractivity contribution >= 4 is 64.8 Å². The summed E-state index contributed by atoms with van der Waals surface area (Å²) in [6.07, 6.45) is 1.25. The van der Waals surface area contributed by atoms with Crippen LogP contribution in [-0.2, 0) is 56.0 Å². The number of ketones is 1. The minimum atomic E-state index is -1.35. The van der Waals surface area contributed by atoms with Crippen molar-refractivity contribution in [2.75, 3.05) is 73.4 Å². The van der Waals surface area contributed by atoms with Crippen molar-refractivity contribution in [2.24, 2.45) is 17.8 Å². The first-order valence-electron chi connectivity index (χ1n) is 26.4. The van der Waals surface area contributed by atoms with Crippen LogP contribution in [0.5, 0.6) is 0 Å². The van der Waals surface area contributed by atoms with E-state index < -0.39 is 108 Å². The molecule has 0 radical (unpaired) electrons. The lowest BCUT2D eigenvalue weighted by atomic mass is 9.89. The van der Waals surface area contributed by atoms with Crippen molar-refractivity contribution in [1.29, 1.82) is 0 Å². The summed E-state index contributed by atoms with van der Waals surface area (Å²) >= 11 is 1.12. The summed E-state index contributed by atoms with van der Waals surface area (Å²) in [5, 5.41) is 14.0. The fraction of sp³-hybridized carbons (Fsp3) is 0.625. The number of amides is 8. The molecule has 75 heavy (non-hydrogen) atoms. The van der Waals surface area contributed by atoms with E-state index in [0.29, 0.717) is 13.1 Å². The van der Waals surface area contributed by atoms with Gasteiger partial charge in [0.2, 0.25) is 47.3 Å². The lowest BCUT2D eigenvalue weighted by molar-refractivity contribution is -0.153. The molecular formula is C56H84N8O10S. The van der Waals surface area contributed by atoms with E-state index in [0.717, 1.165) is 47.1 Å². The Bertz CT molecular complexity index is 2280. The van der Waals surface area contributed by atoms with Gasteiger partial charge in [-0.25, -0.2) is 0 Å². The van der Waals surface area contributed by atoms with Crippen LogP contribution in [0.4, 0.5) is 0 Å². The van der Waals surface area contributed by atoms with Gasteiger partial charge in [0.15, 0.2) is 5.78 Å². The van der Waals surface area contributed by atoms with Gasteiger partial charge in [-0.2, -0.15) is 0 Å². The maximum Gasteiger partial charge on any atom is 0.246 e. The maximum absolute atomic E-state index is 15.0. The molecular weight excluding hydrogens is 977 g/mol. The lowest BCUT2D eigenvalue weighted by Crippen LogP contribution is -2.59. The largest absolute Gasteiger partial charge is 0.393 e. The van der Waals surface area contributed by atoms with Crippen molar-refractivity contribution in [2.45, 2.75) is 135 Å². The van der Waals surface area contributed by atoms with E-state index >= 15 is 4.79 Å². The fourth-order valence-corrected chi connectivity index (χ4v) is 10.7. The van der Waals surface area contributed by atoms with Gasteiger partial charge in [0.25, 0.3) is 0 Å². The highest BCUT2D eigenvalue weighted by atomic mass is 32.2. The van der Waals surface area contributed by atoms with Crippen molar-refractivity contribution in [3.63, 3.8) is 0 Å². The molecule has 19 heteroatoms. The Kier molecular flexibility index (Phi) is 23.8. The first kappa shape index (κ1) is 61.7. The zero-order valence-electron chi connectivity index (χ0n) is 46.4. The molecule has 8 amide bonds. The van der Waals surface area contributed by atoms with Crippen LogP contribution in [-0.4, -0.2) is 208 Å². The van der Waals surface area contributed by atoms with Gasteiger partial charge in [0.05, 0.1) is 30.4 Å². The second-order valence-corrected chi connectivity index (χ2v) is 22.4. The Labute approximate surface area is 449 Å². The van der Waals surface area contributed by atoms with Crippen LogP contribution in [0.25, 0.3) is 0 Å². The Hall–Kier alpha value is -5.82. The number of benzene rings is 2. The number of piperidine rings is 1. The summed E-state index contributed by atoms with van der Waals surface area (Å²) in [5.74, 6) is -6.55. The Morgan fingerprint density at radius 3 is 1.61 bits per heavy atom. The number of likely N-dealkylation sites (tertiary alicyclic amines) is 1. The lowest BCUT2D eigenvalue weighted by Gasteiger charge is -2.38. The molecule has 0 bridgehead atoms. The minimum Gasteiger partial charge on any atom is -0.393 e. The molecule has 2 aliphatic heterocycles. The molecule has 2 heterocycles. The predicted molar refractivity (Wildman–Crippen MR) is 290 cm³/mol. The van der Waals surface area contributed by atoms with Crippen LogP contribution in [0.3, 0.4) is 0 Å². The highest BCUT2D eigenvalue weighted by molar-refractivity contribution is 8.00. The first-order valence-corrected chi connectivity index (χ1v) is 27.5. The highest BCUT2D eigenvalue weighted by Crippen LogP contribution is 2.24. The van der Waals surface area contributed by atoms with Gasteiger partial charge in [0, 0.05) is 80.4 Å². The van der Waals surface area contributed by atoms with Crippen LogP contribution in [0.15, 0.2) is 60.7 Å². The fourth-order valence-electron chi connectivity index (χ4n) is 9.71. The number of carbonyl (C=O) groups is 9. The number of likely N-dealkylation sites (N-methyl/N-ethyl adjacent to an activating group) is 6. The van der Waals surface area contributed by atoms with Gasteiger partial charge in [0.1, 0.15) is 30.2 Å². The molecule has 8 atom stereocenters. The summed E-state index contributed by atoms with van der Waals surface area (Å²) in [5.41, 5.74) is 1.49. The number of nitrogens with zero attached hydrogens (tertiary/aromatic N) is 7. The van der Waals surface area contributed by atoms with Gasteiger partial charge in [-0.05, 0) is 68.9 Å². The molecule has 414 valence electrons. The average molecular weight is 1060 g/mol. The van der Waals surface area contributed by atoms with E-state index in [1.807, 2.05) is 88.4 Å². The molecule has 0 aliphatic carbocycles. The normalized spacial score (nSPS) is 25.3. The van der Waals surface area contributed by atoms with Crippen LogP contribution >= 0.6 is 11.8 Å². The Balaban J connectivity index is 1.84. The topological polar surface area (TPSA) is 209 Å². The number of rotatable bonds is 10. The van der Waals surface area contributed by atoms with E-state index in [9.17, 15) is 43.5 Å². The molecule has 2 fully saturated rings. The first-order chi connectivity index (χ1) is 35.3. The van der Waals surface area contributed by atoms with E-state index in [1.165, 1.54) is 73.7 Å². The van der Waals surface area contributed by atoms with Crippen molar-refractivity contribution in [3.8, 4) is 0 Å². The third-order valence-electron chi connectivity index (χ3n) is 14.7. The highest BCUT2D eigenvalue weighted by Gasteiger charge is 2.42. The minimum absolute atomic E-state index is 0.00540. The molecule has 0 aromatic heterocycles. The average Bonchev–Trinajstić information content (AvgIpc) is 3.39. The molecule has 2 aliphatic rings. The smallest absolute Gasteiger partial charge is 0.246 e. The third kappa shape index (κ3) is 17.1. The van der Waals surface area contributed by atoms with Gasteiger partial charge in [-0.1, -0.05) is 88.4 Å². The van der Waals surface area contributed by atoms with Crippen LogP contribution < -0.4 is 5.32 Å². The maximum atomic E-state index is 15.0. The number of hydrogen-bond acceptors (Lipinski definition) is 11. The van der Waals surface area contributed by atoms with Crippen LogP contribution in [0.2, 0.25) is 0 Å². The quantitative estimate of drug-likeness (QED) is 0.353. The number of aliphatic hydroxyl groups is 1. The van der Waals surface area contributed by atoms with E-state index in [4.69, 9.17) is 0 Å². The number of hydrogen-bond donors (Lipinski definition) is 2. The summed E-state index contributed by atoms with van der Waals surface area (Å²) in [6, 6.07) is 11.6. The van der Waals surface area contributed by atoms with Crippen LogP contribution in [0.1, 0.15) is 91.2 Å². The number of carbonyl (C=O) groups excluding carboxylic acids is 9. The molecule has 0 unspecified atom stereocenters. The van der Waals surface area contributed by atoms with E-state index in [-0.39, 0.29) is 54.9 Å². The molecule has 2 N–H and O–H groups in total. The summed E-state index contributed by atoms with van der Waals surface area (Å²) in [6.45, 7) is 11.0. The molecule has 18 nitrogen and oxygen atoms in total. The second kappa shape index (κ2) is 28.9. The van der Waals surface area contributed by atoms with Gasteiger partial charge >= 0.3 is 0 Å². The van der Waals surface area contributed by atoms with Crippen molar-refractivity contribution < 1.29 is 48.3 Å². The standard InChI is InChI=1S/C56H84N8O10S/c1-36(2)28-44-48(66)32-42(39(6)65)53(71)58(7)33-49(67)60(9)45(29-37(3)4)51(69)57-43(54(72)64-26-20-15-21-27-64)34-75-35-50(68)61(10)46(30-40-22-16-13-17-23-40)55(73)59(8)38(5)52(70)63(12)47(56(74)62(44)11)31-41-24-18-14-19-25-41/h13-14,16-19,22-25,36-39,42-47,65H,15,20-21,26-35H2,1-12H3,(H,57,69)/t38-,39+,42-,43-,44-,45-,46-,47-/m0/s1. The zero-order valence-corrected chi connectivity index (χ0v) is 47.2. The number of nitrogens with one attached hydrogen (secondary N) is 1. The van der Waals surface area contributed by atoms with Gasteiger partial charge in [-0.15, -0.1) is 11.8 Å². The second-order valence-electron chi connectivity index (χ2n) is 21.4. The molecule has 0 spiro atoms. The predicted octanol–water partition coefficient (Wildman–Crippen LogP) is 3.38. The van der Waals surface area contributed by atoms with Crippen LogP contribution in [0, 0.1) is 17.8 Å². The molecule has 0 saturated carbocycles. The SMILES string of the molecule is CC(C)C[C@H]1C(=O)N[C@H](C(=O)N2CCCCC2)CSCC(=O)N(C)[C@@H](Cc2ccccc2)C(=O)N(C)[C@@H](C)C(=O)N(C)[C@@H](Cc2ccccc2)C(=O)N(C)[C@@H](CC(C)C)C(=O)C[C@@H]([C@@H](C)O)C(=O)N(C)CC(=O)N1C. The molecule has 2 aromatic carbocycles. The Morgan fingerprint density at radius 2 is 1.09 bits per heavy atom. The molecule has 2 saturated heterocycles. The summed E-state index contributed by atoms with van der Waals surface area (Å²) in [4.78, 5) is 140. The molecule has 4 rings (SSSR count). The van der Waals surface area contributed by atoms with Crippen molar-refractivity contribution in [1.82, 2.24) is 39.6 Å². The third-order valence-corrected chi connectivity index (χ3v) is 15.7. The van der Waals surface area contributed by atoms with Gasteiger partial charge < -0.3 is 44.7 Å². The van der Waals surface area contributed by atoms with E-state index in [2.05, 4.69) is 5.32 Å². The monoisotopic (exact) mass is 1060 g/mol. The number of thioether (sulfide) groups is 1. The summed E-state index contributed by atoms with van der Waals surface area (Å²) in [7, 11) is 8.79. The number of aliphatic hydroxyl groups excluding tert-OH is 1.